The predicted octanol–water partition coefficient (Wildman–Crippen LogP) is 2.52. The molecule has 9 nitrogen and oxygen atoms in total. The topological polar surface area (TPSA) is 102 Å². The first kappa shape index (κ1) is 19.0. The summed E-state index contributed by atoms with van der Waals surface area (Å²) in [6, 6.07) is 10.5. The lowest BCUT2D eigenvalue weighted by molar-refractivity contribution is 0.252. The van der Waals surface area contributed by atoms with Gasteiger partial charge in [0.05, 0.1) is 14.2 Å². The third kappa shape index (κ3) is 4.91. The summed E-state index contributed by atoms with van der Waals surface area (Å²) >= 11 is 0. The number of anilines is 2. The Morgan fingerprint density at radius 2 is 1.82 bits per heavy atom. The molecule has 0 saturated heterocycles. The van der Waals surface area contributed by atoms with Gasteiger partial charge in [0.1, 0.15) is 18.0 Å². The zero-order valence-electron chi connectivity index (χ0n) is 15.7. The van der Waals surface area contributed by atoms with Gasteiger partial charge in [0.15, 0.2) is 11.5 Å². The van der Waals surface area contributed by atoms with Crippen LogP contribution in [0, 0.1) is 0 Å². The lowest BCUT2D eigenvalue weighted by atomic mass is 10.3. The van der Waals surface area contributed by atoms with Crippen LogP contribution in [-0.2, 0) is 0 Å². The van der Waals surface area contributed by atoms with Gasteiger partial charge in [0.25, 0.3) is 0 Å². The molecule has 2 heterocycles. The fourth-order valence-electron chi connectivity index (χ4n) is 2.53. The molecule has 28 heavy (non-hydrogen) atoms. The Labute approximate surface area is 162 Å². The molecule has 0 aliphatic heterocycles. The molecular formula is C19H22N6O3. The van der Waals surface area contributed by atoms with Crippen molar-refractivity contribution in [1.29, 1.82) is 0 Å². The minimum atomic E-state index is -0.315. The third-order valence-corrected chi connectivity index (χ3v) is 3.88. The Kier molecular flexibility index (Phi) is 6.29. The number of carbonyl (C=O) groups excluding carboxylic acids is 1. The van der Waals surface area contributed by atoms with Crippen LogP contribution in [0.15, 0.2) is 55.1 Å². The quantitative estimate of drug-likeness (QED) is 0.518. The molecule has 0 saturated carbocycles. The highest BCUT2D eigenvalue weighted by molar-refractivity contribution is 5.89. The van der Waals surface area contributed by atoms with E-state index in [0.29, 0.717) is 36.1 Å². The van der Waals surface area contributed by atoms with Gasteiger partial charge in [-0.1, -0.05) is 0 Å². The SMILES string of the molecule is COc1ccc(NC(=O)NCCNc2cc(-n3cccc3)ncn2)cc1OC. The third-order valence-electron chi connectivity index (χ3n) is 3.88. The number of benzene rings is 1. The van der Waals surface area contributed by atoms with Gasteiger partial charge in [-0.2, -0.15) is 0 Å². The molecule has 9 heteroatoms. The minimum absolute atomic E-state index is 0.315. The highest BCUT2D eigenvalue weighted by Crippen LogP contribution is 2.29. The largest absolute Gasteiger partial charge is 0.493 e. The average molecular weight is 382 g/mol. The molecule has 3 N–H and O–H groups in total. The van der Waals surface area contributed by atoms with Crippen molar-refractivity contribution in [2.24, 2.45) is 0 Å². The zero-order valence-corrected chi connectivity index (χ0v) is 15.7. The normalized spacial score (nSPS) is 10.2. The number of aromatic nitrogens is 3. The fraction of sp³-hybridized carbons (Fsp3) is 0.211. The van der Waals surface area contributed by atoms with Gasteiger partial charge in [-0.05, 0) is 24.3 Å². The number of hydrogen-bond acceptors (Lipinski definition) is 6. The van der Waals surface area contributed by atoms with E-state index >= 15 is 0 Å². The lowest BCUT2D eigenvalue weighted by Crippen LogP contribution is -2.32. The monoisotopic (exact) mass is 382 g/mol. The molecule has 0 bridgehead atoms. The zero-order chi connectivity index (χ0) is 19.8. The summed E-state index contributed by atoms with van der Waals surface area (Å²) in [5.74, 6) is 2.59. The van der Waals surface area contributed by atoms with E-state index in [1.165, 1.54) is 6.33 Å². The second kappa shape index (κ2) is 9.26. The molecular weight excluding hydrogens is 360 g/mol. The molecule has 0 aliphatic carbocycles. The molecule has 3 aromatic rings. The number of nitrogens with one attached hydrogen (secondary N) is 3. The first-order valence-electron chi connectivity index (χ1n) is 8.65. The number of rotatable bonds is 8. The Hall–Kier alpha value is -3.75. The van der Waals surface area contributed by atoms with Gasteiger partial charge in [-0.3, -0.25) is 0 Å². The van der Waals surface area contributed by atoms with Crippen LogP contribution in [0.4, 0.5) is 16.3 Å². The summed E-state index contributed by atoms with van der Waals surface area (Å²) in [6.45, 7) is 0.934. The van der Waals surface area contributed by atoms with E-state index in [4.69, 9.17) is 9.47 Å². The number of nitrogens with zero attached hydrogens (tertiary/aromatic N) is 3. The van der Waals surface area contributed by atoms with Gasteiger partial charge in [0, 0.05) is 43.3 Å². The van der Waals surface area contributed by atoms with Crippen LogP contribution < -0.4 is 25.4 Å². The van der Waals surface area contributed by atoms with Gasteiger partial charge >= 0.3 is 6.03 Å². The fourth-order valence-corrected chi connectivity index (χ4v) is 2.53. The number of carbonyl (C=O) groups is 1. The minimum Gasteiger partial charge on any atom is -0.493 e. The summed E-state index contributed by atoms with van der Waals surface area (Å²) in [7, 11) is 3.10. The van der Waals surface area contributed by atoms with E-state index in [9.17, 15) is 4.79 Å². The Morgan fingerprint density at radius 3 is 2.57 bits per heavy atom. The molecule has 0 radical (unpaired) electrons. The molecule has 3 rings (SSSR count). The standard InChI is InChI=1S/C19H22N6O3/c1-27-15-6-5-14(11-16(15)28-2)24-19(26)21-8-7-20-17-12-18(23-13-22-17)25-9-3-4-10-25/h3-6,9-13H,7-8H2,1-2H3,(H,20,22,23)(H2,21,24,26). The van der Waals surface area contributed by atoms with E-state index in [2.05, 4.69) is 25.9 Å². The van der Waals surface area contributed by atoms with Crippen LogP contribution in [0.2, 0.25) is 0 Å². The van der Waals surface area contributed by atoms with Crippen molar-refractivity contribution in [3.63, 3.8) is 0 Å². The van der Waals surface area contributed by atoms with Crippen molar-refractivity contribution >= 4 is 17.5 Å². The van der Waals surface area contributed by atoms with Crippen LogP contribution in [0.1, 0.15) is 0 Å². The Bertz CT molecular complexity index is 914. The maximum Gasteiger partial charge on any atom is 0.319 e. The van der Waals surface area contributed by atoms with Crippen molar-refractivity contribution in [2.45, 2.75) is 0 Å². The first-order valence-corrected chi connectivity index (χ1v) is 8.65. The van der Waals surface area contributed by atoms with Gasteiger partial charge in [-0.15, -0.1) is 0 Å². The van der Waals surface area contributed by atoms with Crippen LogP contribution >= 0.6 is 0 Å². The van der Waals surface area contributed by atoms with Gasteiger partial charge in [-0.25, -0.2) is 14.8 Å². The average Bonchev–Trinajstić information content (AvgIpc) is 3.26. The molecule has 2 aromatic heterocycles. The second-order valence-corrected chi connectivity index (χ2v) is 5.73. The first-order chi connectivity index (χ1) is 13.7. The Balaban J connectivity index is 1.45. The summed E-state index contributed by atoms with van der Waals surface area (Å²) in [6.07, 6.45) is 5.31. The van der Waals surface area contributed by atoms with E-state index < -0.39 is 0 Å². The van der Waals surface area contributed by atoms with Crippen molar-refractivity contribution in [1.82, 2.24) is 19.9 Å². The molecule has 0 spiro atoms. The summed E-state index contributed by atoms with van der Waals surface area (Å²) in [5.41, 5.74) is 0.607. The summed E-state index contributed by atoms with van der Waals surface area (Å²) < 4.78 is 12.3. The molecule has 1 aromatic carbocycles. The molecule has 0 aliphatic rings. The molecule has 0 fully saturated rings. The van der Waals surface area contributed by atoms with E-state index in [1.807, 2.05) is 35.2 Å². The molecule has 0 atom stereocenters. The van der Waals surface area contributed by atoms with Gasteiger partial charge in [0.2, 0.25) is 0 Å². The Morgan fingerprint density at radius 1 is 1.04 bits per heavy atom. The lowest BCUT2D eigenvalue weighted by Gasteiger charge is -2.12. The van der Waals surface area contributed by atoms with E-state index in [1.54, 1.807) is 32.4 Å². The predicted molar refractivity (Wildman–Crippen MR) is 106 cm³/mol. The summed E-state index contributed by atoms with van der Waals surface area (Å²) in [5, 5.41) is 8.68. The number of hydrogen-bond donors (Lipinski definition) is 3. The second-order valence-electron chi connectivity index (χ2n) is 5.73. The van der Waals surface area contributed by atoms with Crippen molar-refractivity contribution < 1.29 is 14.3 Å². The number of amides is 2. The summed E-state index contributed by atoms with van der Waals surface area (Å²) in [4.78, 5) is 20.4. The number of methoxy groups -OCH3 is 2. The number of ether oxygens (including phenoxy) is 2. The van der Waals surface area contributed by atoms with Crippen molar-refractivity contribution in [3.05, 3.63) is 55.1 Å². The van der Waals surface area contributed by atoms with Crippen LogP contribution in [0.5, 0.6) is 11.5 Å². The maximum absolute atomic E-state index is 12.0. The molecule has 0 unspecified atom stereocenters. The van der Waals surface area contributed by atoms with Crippen LogP contribution in [0.3, 0.4) is 0 Å². The van der Waals surface area contributed by atoms with Gasteiger partial charge < -0.3 is 30.0 Å². The molecule has 2 amide bonds. The van der Waals surface area contributed by atoms with Crippen LogP contribution in [-0.4, -0.2) is 47.9 Å². The van der Waals surface area contributed by atoms with Crippen molar-refractivity contribution in [2.75, 3.05) is 37.9 Å². The maximum atomic E-state index is 12.0. The smallest absolute Gasteiger partial charge is 0.319 e. The highest BCUT2D eigenvalue weighted by Gasteiger charge is 2.07. The molecule has 146 valence electrons. The van der Waals surface area contributed by atoms with E-state index in [-0.39, 0.29) is 6.03 Å². The van der Waals surface area contributed by atoms with Crippen molar-refractivity contribution in [3.8, 4) is 17.3 Å². The van der Waals surface area contributed by atoms with E-state index in [0.717, 1.165) is 5.82 Å². The number of urea groups is 1. The highest BCUT2D eigenvalue weighted by atomic mass is 16.5. The van der Waals surface area contributed by atoms with Crippen LogP contribution in [0.25, 0.3) is 5.82 Å².